The van der Waals surface area contributed by atoms with Crippen LogP contribution in [-0.2, 0) is 19.3 Å². The zero-order valence-electron chi connectivity index (χ0n) is 15.0. The summed E-state index contributed by atoms with van der Waals surface area (Å²) in [7, 11) is 0. The quantitative estimate of drug-likeness (QED) is 0.537. The van der Waals surface area contributed by atoms with Crippen molar-refractivity contribution in [3.63, 3.8) is 0 Å². The van der Waals surface area contributed by atoms with Crippen LogP contribution in [0.1, 0.15) is 55.9 Å². The van der Waals surface area contributed by atoms with Gasteiger partial charge < -0.3 is 0 Å². The maximum Gasteiger partial charge on any atom is 0.0660 e. The van der Waals surface area contributed by atoms with Crippen LogP contribution in [0.15, 0.2) is 47.5 Å². The van der Waals surface area contributed by atoms with Crippen LogP contribution in [0.3, 0.4) is 0 Å². The van der Waals surface area contributed by atoms with Gasteiger partial charge in [-0.25, -0.2) is 0 Å². The molecule has 0 heterocycles. The highest BCUT2D eigenvalue weighted by atomic mass is 14.7. The molecule has 0 spiro atoms. The number of aliphatic imine (C=N–C) groups is 1. The second-order valence-electron chi connectivity index (χ2n) is 6.39. The second kappa shape index (κ2) is 8.67. The summed E-state index contributed by atoms with van der Waals surface area (Å²) in [4.78, 5) is 4.80. The molecule has 0 N–H and O–H groups in total. The minimum absolute atomic E-state index is 1.07. The summed E-state index contributed by atoms with van der Waals surface area (Å²) in [5.74, 6) is 0. The standard InChI is InChI=1S/C22H29N/c1-5-7-18(4)23-22-16-21(9-8-17(22)3)15-14-20-12-10-19(6-2)11-13-20/h8-13,16H,5-7,14-15H2,1-4H3/b23-18-. The highest BCUT2D eigenvalue weighted by Gasteiger charge is 2.02. The fourth-order valence-electron chi connectivity index (χ4n) is 2.78. The summed E-state index contributed by atoms with van der Waals surface area (Å²) in [6, 6.07) is 15.7. The van der Waals surface area contributed by atoms with Crippen LogP contribution in [-0.4, -0.2) is 5.71 Å². The Hall–Kier alpha value is -1.89. The van der Waals surface area contributed by atoms with Crippen molar-refractivity contribution in [3.8, 4) is 0 Å². The van der Waals surface area contributed by atoms with Gasteiger partial charge in [-0.15, -0.1) is 0 Å². The van der Waals surface area contributed by atoms with E-state index >= 15 is 0 Å². The molecule has 1 heteroatoms. The maximum absolute atomic E-state index is 4.80. The van der Waals surface area contributed by atoms with E-state index in [9.17, 15) is 0 Å². The zero-order valence-corrected chi connectivity index (χ0v) is 15.0. The number of benzene rings is 2. The topological polar surface area (TPSA) is 12.4 Å². The monoisotopic (exact) mass is 307 g/mol. The average Bonchev–Trinajstić information content (AvgIpc) is 2.56. The van der Waals surface area contributed by atoms with Gasteiger partial charge in [-0.1, -0.05) is 56.7 Å². The Morgan fingerprint density at radius 1 is 0.870 bits per heavy atom. The molecule has 0 saturated carbocycles. The highest BCUT2D eigenvalue weighted by Crippen LogP contribution is 2.22. The van der Waals surface area contributed by atoms with Gasteiger partial charge in [-0.3, -0.25) is 4.99 Å². The van der Waals surface area contributed by atoms with Gasteiger partial charge in [0.15, 0.2) is 0 Å². The lowest BCUT2D eigenvalue weighted by molar-refractivity contribution is 0.955. The lowest BCUT2D eigenvalue weighted by atomic mass is 10.0. The number of nitrogens with zero attached hydrogens (tertiary/aromatic N) is 1. The third-order valence-electron chi connectivity index (χ3n) is 4.33. The van der Waals surface area contributed by atoms with E-state index in [2.05, 4.69) is 70.2 Å². The molecule has 122 valence electrons. The predicted molar refractivity (Wildman–Crippen MR) is 102 cm³/mol. The Balaban J connectivity index is 2.06. The molecular weight excluding hydrogens is 278 g/mol. The fraction of sp³-hybridized carbons (Fsp3) is 0.409. The van der Waals surface area contributed by atoms with E-state index in [1.54, 1.807) is 0 Å². The third kappa shape index (κ3) is 5.35. The molecule has 0 aliphatic heterocycles. The molecule has 0 atom stereocenters. The van der Waals surface area contributed by atoms with Crippen molar-refractivity contribution in [2.24, 2.45) is 4.99 Å². The van der Waals surface area contributed by atoms with Gasteiger partial charge in [0.05, 0.1) is 5.69 Å². The van der Waals surface area contributed by atoms with Crippen LogP contribution in [0, 0.1) is 6.92 Å². The number of hydrogen-bond acceptors (Lipinski definition) is 1. The van der Waals surface area contributed by atoms with E-state index in [0.717, 1.165) is 37.8 Å². The summed E-state index contributed by atoms with van der Waals surface area (Å²) in [6.07, 6.45) is 5.50. The van der Waals surface area contributed by atoms with Crippen molar-refractivity contribution in [2.75, 3.05) is 0 Å². The minimum Gasteiger partial charge on any atom is -0.258 e. The van der Waals surface area contributed by atoms with Gasteiger partial charge in [-0.2, -0.15) is 0 Å². The number of aryl methyl sites for hydroxylation is 4. The molecule has 0 unspecified atom stereocenters. The Morgan fingerprint density at radius 3 is 2.13 bits per heavy atom. The number of rotatable bonds is 7. The van der Waals surface area contributed by atoms with Crippen molar-refractivity contribution in [1.29, 1.82) is 0 Å². The largest absolute Gasteiger partial charge is 0.258 e. The van der Waals surface area contributed by atoms with Gasteiger partial charge in [-0.05, 0) is 67.9 Å². The van der Waals surface area contributed by atoms with Crippen molar-refractivity contribution in [2.45, 2.75) is 59.8 Å². The predicted octanol–water partition coefficient (Wildman–Crippen LogP) is 6.24. The first-order chi connectivity index (χ1) is 11.1. The average molecular weight is 307 g/mol. The molecule has 0 aromatic heterocycles. The molecule has 1 nitrogen and oxygen atoms in total. The molecule has 0 fully saturated rings. The minimum atomic E-state index is 1.07. The van der Waals surface area contributed by atoms with E-state index in [4.69, 9.17) is 4.99 Å². The molecule has 2 rings (SSSR count). The zero-order chi connectivity index (χ0) is 16.7. The number of hydrogen-bond donors (Lipinski definition) is 0. The molecule has 0 aliphatic rings. The molecule has 2 aromatic rings. The molecule has 0 bridgehead atoms. The van der Waals surface area contributed by atoms with Gasteiger partial charge in [0.1, 0.15) is 0 Å². The van der Waals surface area contributed by atoms with E-state index in [1.807, 2.05) is 0 Å². The Morgan fingerprint density at radius 2 is 1.48 bits per heavy atom. The Labute approximate surface area is 141 Å². The molecule has 0 aliphatic carbocycles. The van der Waals surface area contributed by atoms with Crippen LogP contribution in [0.25, 0.3) is 0 Å². The lowest BCUT2D eigenvalue weighted by Gasteiger charge is -2.08. The van der Waals surface area contributed by atoms with Gasteiger partial charge in [0.2, 0.25) is 0 Å². The summed E-state index contributed by atoms with van der Waals surface area (Å²) >= 11 is 0. The van der Waals surface area contributed by atoms with Gasteiger partial charge in [0.25, 0.3) is 0 Å². The Kier molecular flexibility index (Phi) is 6.58. The lowest BCUT2D eigenvalue weighted by Crippen LogP contribution is -1.94. The van der Waals surface area contributed by atoms with Crippen molar-refractivity contribution in [1.82, 2.24) is 0 Å². The van der Waals surface area contributed by atoms with Crippen molar-refractivity contribution < 1.29 is 0 Å². The molecule has 0 amide bonds. The first-order valence-electron chi connectivity index (χ1n) is 8.84. The third-order valence-corrected chi connectivity index (χ3v) is 4.33. The van der Waals surface area contributed by atoms with E-state index in [-0.39, 0.29) is 0 Å². The van der Waals surface area contributed by atoms with Crippen LogP contribution in [0.5, 0.6) is 0 Å². The summed E-state index contributed by atoms with van der Waals surface area (Å²) in [5, 5.41) is 0. The van der Waals surface area contributed by atoms with E-state index in [1.165, 1.54) is 28.0 Å². The van der Waals surface area contributed by atoms with Crippen LogP contribution in [0.4, 0.5) is 5.69 Å². The van der Waals surface area contributed by atoms with Crippen molar-refractivity contribution in [3.05, 3.63) is 64.7 Å². The SMILES string of the molecule is CCC/C(C)=N\c1cc(CCc2ccc(CC)cc2)ccc1C. The highest BCUT2D eigenvalue weighted by molar-refractivity contribution is 5.84. The second-order valence-corrected chi connectivity index (χ2v) is 6.39. The van der Waals surface area contributed by atoms with E-state index < -0.39 is 0 Å². The van der Waals surface area contributed by atoms with Gasteiger partial charge in [0, 0.05) is 5.71 Å². The molecule has 0 radical (unpaired) electrons. The molecule has 2 aromatic carbocycles. The fourth-order valence-corrected chi connectivity index (χ4v) is 2.78. The van der Waals surface area contributed by atoms with Gasteiger partial charge >= 0.3 is 0 Å². The Bertz CT molecular complexity index is 650. The van der Waals surface area contributed by atoms with Crippen LogP contribution in [0.2, 0.25) is 0 Å². The molecule has 23 heavy (non-hydrogen) atoms. The normalized spacial score (nSPS) is 11.7. The smallest absolute Gasteiger partial charge is 0.0660 e. The summed E-state index contributed by atoms with van der Waals surface area (Å²) in [5.41, 5.74) is 7.81. The first-order valence-corrected chi connectivity index (χ1v) is 8.84. The van der Waals surface area contributed by atoms with Crippen LogP contribution < -0.4 is 0 Å². The summed E-state index contributed by atoms with van der Waals surface area (Å²) < 4.78 is 0. The summed E-state index contributed by atoms with van der Waals surface area (Å²) in [6.45, 7) is 8.67. The first kappa shape index (κ1) is 17.5. The van der Waals surface area contributed by atoms with E-state index in [0.29, 0.717) is 0 Å². The van der Waals surface area contributed by atoms with Crippen molar-refractivity contribution >= 4 is 11.4 Å². The maximum atomic E-state index is 4.80. The molecule has 0 saturated heterocycles. The van der Waals surface area contributed by atoms with Crippen LogP contribution >= 0.6 is 0 Å². The molecular formula is C22H29N.